The number of aromatic nitrogens is 4. The second-order valence-corrected chi connectivity index (χ2v) is 20.3. The lowest BCUT2D eigenvalue weighted by Crippen LogP contribution is -2.66. The molecular formula is C48H48ClFN4O5Si. The van der Waals surface area contributed by atoms with Gasteiger partial charge in [-0.15, -0.1) is 5.10 Å². The van der Waals surface area contributed by atoms with Crippen molar-refractivity contribution < 1.29 is 18.3 Å². The smallest absolute Gasteiger partial charge is 0.352 e. The molecule has 0 aliphatic carbocycles. The van der Waals surface area contributed by atoms with Gasteiger partial charge in [-0.1, -0.05) is 142 Å². The van der Waals surface area contributed by atoms with E-state index in [0.717, 1.165) is 15.9 Å². The van der Waals surface area contributed by atoms with Crippen molar-refractivity contribution in [2.45, 2.75) is 59.4 Å². The van der Waals surface area contributed by atoms with Gasteiger partial charge in [-0.3, -0.25) is 13.9 Å². The number of hydrogen-bond donors (Lipinski definition) is 0. The molecule has 2 heterocycles. The normalized spacial score (nSPS) is 11.9. The van der Waals surface area contributed by atoms with Gasteiger partial charge in [0.1, 0.15) is 29.8 Å². The number of ether oxygens (including phenoxy) is 2. The van der Waals surface area contributed by atoms with Gasteiger partial charge in [0.15, 0.2) is 11.6 Å². The van der Waals surface area contributed by atoms with E-state index in [-0.39, 0.29) is 59.1 Å². The van der Waals surface area contributed by atoms with Crippen molar-refractivity contribution >= 4 is 46.6 Å². The van der Waals surface area contributed by atoms with Gasteiger partial charge in [0.05, 0.1) is 24.3 Å². The number of nitrogens with zero attached hydrogens (tertiary/aromatic N) is 4. The van der Waals surface area contributed by atoms with Gasteiger partial charge < -0.3 is 13.9 Å². The van der Waals surface area contributed by atoms with E-state index in [2.05, 4.69) is 51.6 Å². The van der Waals surface area contributed by atoms with Gasteiger partial charge in [-0.2, -0.15) is 4.68 Å². The van der Waals surface area contributed by atoms with Crippen LogP contribution in [-0.2, 0) is 28.9 Å². The first-order chi connectivity index (χ1) is 28.9. The minimum Gasteiger partial charge on any atom is -0.490 e. The number of rotatable bonds is 15. The second kappa shape index (κ2) is 17.8. The third-order valence-electron chi connectivity index (χ3n) is 10.6. The first-order valence-corrected chi connectivity index (χ1v) is 22.2. The summed E-state index contributed by atoms with van der Waals surface area (Å²) in [6.07, 6.45) is 0. The molecule has 9 nitrogen and oxygen atoms in total. The van der Waals surface area contributed by atoms with Crippen LogP contribution in [0.25, 0.3) is 27.9 Å². The van der Waals surface area contributed by atoms with E-state index in [1.165, 1.54) is 32.0 Å². The van der Waals surface area contributed by atoms with Crippen LogP contribution in [0.2, 0.25) is 10.1 Å². The summed E-state index contributed by atoms with van der Waals surface area (Å²) in [6, 6.07) is 39.4. The Bertz CT molecular complexity index is 2730. The molecule has 2 aromatic heterocycles. The average Bonchev–Trinajstić information content (AvgIpc) is 3.56. The van der Waals surface area contributed by atoms with Crippen LogP contribution in [0.15, 0.2) is 144 Å². The van der Waals surface area contributed by atoms with Crippen LogP contribution in [0.4, 0.5) is 4.39 Å². The van der Waals surface area contributed by atoms with Gasteiger partial charge in [-0.05, 0) is 70.0 Å². The molecule has 0 N–H and O–H groups in total. The van der Waals surface area contributed by atoms with Crippen LogP contribution in [-0.4, -0.2) is 40.4 Å². The quantitative estimate of drug-likeness (QED) is 0.0758. The highest BCUT2D eigenvalue weighted by atomic mass is 35.5. The maximum atomic E-state index is 14.9. The van der Waals surface area contributed by atoms with Gasteiger partial charge in [0, 0.05) is 12.1 Å². The molecule has 0 aliphatic rings. The zero-order chi connectivity index (χ0) is 42.6. The fraction of sp³-hybridized carbons (Fsp3) is 0.229. The zero-order valence-corrected chi connectivity index (χ0v) is 36.2. The van der Waals surface area contributed by atoms with E-state index < -0.39 is 25.4 Å². The molecule has 0 amide bonds. The largest absolute Gasteiger partial charge is 0.490 e. The Morgan fingerprint density at radius 1 is 0.817 bits per heavy atom. The van der Waals surface area contributed by atoms with E-state index in [9.17, 15) is 14.0 Å². The number of benzene rings is 5. The highest BCUT2D eigenvalue weighted by Crippen LogP contribution is 2.38. The van der Waals surface area contributed by atoms with Crippen molar-refractivity contribution in [2.75, 3.05) is 13.2 Å². The molecule has 0 radical (unpaired) electrons. The lowest BCUT2D eigenvalue weighted by molar-refractivity contribution is 0.0989. The van der Waals surface area contributed by atoms with Crippen LogP contribution < -0.4 is 26.4 Å². The van der Waals surface area contributed by atoms with Crippen LogP contribution in [0.3, 0.4) is 0 Å². The summed E-state index contributed by atoms with van der Waals surface area (Å²) >= 11 is 7.21. The summed E-state index contributed by atoms with van der Waals surface area (Å²) in [6.45, 7) is 15.4. The summed E-state index contributed by atoms with van der Waals surface area (Å²) in [5.74, 6) is 0.146. The monoisotopic (exact) mass is 842 g/mol. The lowest BCUT2D eigenvalue weighted by atomic mass is 10.0. The fourth-order valence-electron chi connectivity index (χ4n) is 7.93. The number of pyridine rings is 1. The molecule has 0 unspecified atom stereocenters. The number of hydrogen-bond acceptors (Lipinski definition) is 6. The Morgan fingerprint density at radius 3 is 2.05 bits per heavy atom. The molecule has 0 atom stereocenters. The Morgan fingerprint density at radius 2 is 1.45 bits per heavy atom. The van der Waals surface area contributed by atoms with E-state index in [4.69, 9.17) is 30.6 Å². The number of allylic oxidation sites excluding steroid dienone is 1. The molecule has 0 spiro atoms. The summed E-state index contributed by atoms with van der Waals surface area (Å²) in [4.78, 5) is 29.1. The first kappa shape index (κ1) is 42.3. The van der Waals surface area contributed by atoms with Crippen molar-refractivity contribution in [3.8, 4) is 17.3 Å². The Labute approximate surface area is 355 Å². The minimum atomic E-state index is -2.85. The minimum absolute atomic E-state index is 0.0243. The summed E-state index contributed by atoms with van der Waals surface area (Å²) in [7, 11) is -2.85. The van der Waals surface area contributed by atoms with Crippen molar-refractivity contribution in [3.63, 3.8) is 0 Å². The molecule has 308 valence electrons. The molecule has 7 rings (SSSR count). The summed E-state index contributed by atoms with van der Waals surface area (Å²) in [5.41, 5.74) is 0.990. The lowest BCUT2D eigenvalue weighted by Gasteiger charge is -2.43. The molecule has 0 aliphatic heterocycles. The summed E-state index contributed by atoms with van der Waals surface area (Å²) in [5, 5.41) is 7.39. The first-order valence-electron chi connectivity index (χ1n) is 19.9. The van der Waals surface area contributed by atoms with Gasteiger partial charge in [-0.25, -0.2) is 9.18 Å². The standard InChI is InChI=1S/C48H48ClFN4O5Si/c1-7-52-42(32-57-31-34-18-11-8-12-19-34)51-54(47(52)56)45-43(33(2)3)38-27-26-35(50)30-39(38)46(55)53(45)40-24-17-25-41(44(40)49)58-28-29-59-60(48(4,5)6,36-20-13-9-14-21-36)37-22-15-10-16-23-37/h8-27,30H,2,7,28-29,31-32H2,1,3-6H3. The van der Waals surface area contributed by atoms with E-state index in [1.54, 1.807) is 25.1 Å². The van der Waals surface area contributed by atoms with Gasteiger partial charge in [0.2, 0.25) is 0 Å². The SMILES string of the molecule is C=C(C)c1c(-n2nc(COCc3ccccc3)n(CC)c2=O)n(-c2cccc(OCCO[Si](c3ccccc3)(c3ccccc3)C(C)(C)C)c2Cl)c(=O)c2cc(F)ccc12. The van der Waals surface area contributed by atoms with Crippen LogP contribution >= 0.6 is 11.6 Å². The van der Waals surface area contributed by atoms with Crippen LogP contribution in [0.5, 0.6) is 5.75 Å². The molecular weight excluding hydrogens is 795 g/mol. The molecule has 0 saturated heterocycles. The van der Waals surface area contributed by atoms with Crippen molar-refractivity contribution in [1.29, 1.82) is 0 Å². The van der Waals surface area contributed by atoms with E-state index in [1.807, 2.05) is 73.7 Å². The molecule has 0 bridgehead atoms. The number of fused-ring (bicyclic) bond motifs is 1. The summed E-state index contributed by atoms with van der Waals surface area (Å²) < 4.78 is 38.3. The fourth-order valence-corrected chi connectivity index (χ4v) is 12.7. The average molecular weight is 843 g/mol. The van der Waals surface area contributed by atoms with Crippen molar-refractivity contribution in [2.24, 2.45) is 0 Å². The maximum absolute atomic E-state index is 14.9. The predicted molar refractivity (Wildman–Crippen MR) is 240 cm³/mol. The number of halogens is 2. The molecule has 5 aromatic carbocycles. The van der Waals surface area contributed by atoms with E-state index >= 15 is 0 Å². The second-order valence-electron chi connectivity index (χ2n) is 15.6. The Hall–Kier alpha value is -5.85. The van der Waals surface area contributed by atoms with E-state index in [0.29, 0.717) is 29.0 Å². The van der Waals surface area contributed by atoms with Crippen LogP contribution in [0.1, 0.15) is 51.6 Å². The highest BCUT2D eigenvalue weighted by Gasteiger charge is 2.50. The highest BCUT2D eigenvalue weighted by molar-refractivity contribution is 6.99. The Kier molecular flexibility index (Phi) is 12.5. The third kappa shape index (κ3) is 8.05. The zero-order valence-electron chi connectivity index (χ0n) is 34.5. The van der Waals surface area contributed by atoms with Crippen molar-refractivity contribution in [3.05, 3.63) is 183 Å². The van der Waals surface area contributed by atoms with Crippen LogP contribution in [0, 0.1) is 5.82 Å². The predicted octanol–water partition coefficient (Wildman–Crippen LogP) is 8.86. The third-order valence-corrected chi connectivity index (χ3v) is 16.0. The van der Waals surface area contributed by atoms with Gasteiger partial charge in [0.25, 0.3) is 13.9 Å². The maximum Gasteiger partial charge on any atom is 0.352 e. The molecule has 60 heavy (non-hydrogen) atoms. The topological polar surface area (TPSA) is 89.5 Å². The molecule has 7 aromatic rings. The molecule has 0 fully saturated rings. The Balaban J connectivity index is 1.30. The van der Waals surface area contributed by atoms with Gasteiger partial charge >= 0.3 is 5.69 Å². The molecule has 12 heteroatoms. The van der Waals surface area contributed by atoms with Crippen molar-refractivity contribution in [1.82, 2.24) is 18.9 Å². The molecule has 0 saturated carbocycles.